The lowest BCUT2D eigenvalue weighted by Gasteiger charge is -2.21. The molecule has 2 nitrogen and oxygen atoms in total. The third kappa shape index (κ3) is 2.95. The second-order valence-corrected chi connectivity index (χ2v) is 4.35. The predicted octanol–water partition coefficient (Wildman–Crippen LogP) is 3.18. The van der Waals surface area contributed by atoms with Gasteiger partial charge >= 0.3 is 0 Å². The third-order valence-corrected chi connectivity index (χ3v) is 1.79. The number of rotatable bonds is 2. The molecule has 1 aromatic carbocycles. The lowest BCUT2D eigenvalue weighted by Crippen LogP contribution is -2.22. The van der Waals surface area contributed by atoms with Gasteiger partial charge in [-0.2, -0.15) is 0 Å². The monoisotopic (exact) mass is 194 g/mol. The lowest BCUT2D eigenvalue weighted by atomic mass is 10.1. The van der Waals surface area contributed by atoms with Crippen molar-refractivity contribution in [2.24, 2.45) is 0 Å². The van der Waals surface area contributed by atoms with Gasteiger partial charge in [-0.15, -0.1) is 0 Å². The quantitative estimate of drug-likeness (QED) is 0.720. The van der Waals surface area contributed by atoms with Crippen molar-refractivity contribution in [1.82, 2.24) is 0 Å². The van der Waals surface area contributed by atoms with Crippen LogP contribution in [0.15, 0.2) is 18.2 Å². The molecule has 0 saturated carbocycles. The fourth-order valence-electron chi connectivity index (χ4n) is 1.27. The van der Waals surface area contributed by atoms with Crippen LogP contribution in [0, 0.1) is 6.92 Å². The van der Waals surface area contributed by atoms with Gasteiger partial charge in [-0.3, -0.25) is 0 Å². The summed E-state index contributed by atoms with van der Waals surface area (Å²) in [6.07, 6.45) is 0. The van der Waals surface area contributed by atoms with E-state index in [2.05, 4.69) is 0 Å². The van der Waals surface area contributed by atoms with Crippen LogP contribution in [-0.4, -0.2) is 12.7 Å². The summed E-state index contributed by atoms with van der Waals surface area (Å²) in [5.41, 5.74) is 0.940. The van der Waals surface area contributed by atoms with Gasteiger partial charge in [0, 0.05) is 0 Å². The zero-order valence-corrected chi connectivity index (χ0v) is 9.55. The minimum atomic E-state index is -0.152. The van der Waals surface area contributed by atoms with Crippen LogP contribution >= 0.6 is 0 Å². The minimum Gasteiger partial charge on any atom is -0.496 e. The van der Waals surface area contributed by atoms with Gasteiger partial charge in [-0.25, -0.2) is 0 Å². The highest BCUT2D eigenvalue weighted by atomic mass is 16.5. The highest BCUT2D eigenvalue weighted by Crippen LogP contribution is 2.25. The van der Waals surface area contributed by atoms with Crippen LogP contribution in [0.4, 0.5) is 0 Å². The first-order valence-corrected chi connectivity index (χ1v) is 4.76. The Morgan fingerprint density at radius 3 is 2.21 bits per heavy atom. The minimum absolute atomic E-state index is 0.152. The van der Waals surface area contributed by atoms with Crippen LogP contribution in [0.1, 0.15) is 26.3 Å². The number of methoxy groups -OCH3 is 1. The van der Waals surface area contributed by atoms with Crippen molar-refractivity contribution in [3.8, 4) is 11.5 Å². The number of benzene rings is 1. The molecule has 0 bridgehead atoms. The smallest absolute Gasteiger partial charge is 0.122 e. The van der Waals surface area contributed by atoms with Gasteiger partial charge in [0.05, 0.1) is 7.11 Å². The first kappa shape index (κ1) is 10.9. The van der Waals surface area contributed by atoms with Gasteiger partial charge in [0.25, 0.3) is 0 Å². The first-order valence-electron chi connectivity index (χ1n) is 4.76. The highest BCUT2D eigenvalue weighted by molar-refractivity contribution is 5.39. The summed E-state index contributed by atoms with van der Waals surface area (Å²) >= 11 is 0. The molecule has 1 rings (SSSR count). The molecule has 0 spiro atoms. The molecule has 0 aliphatic heterocycles. The van der Waals surface area contributed by atoms with Crippen molar-refractivity contribution in [3.05, 3.63) is 23.8 Å². The van der Waals surface area contributed by atoms with E-state index in [1.54, 1.807) is 7.11 Å². The summed E-state index contributed by atoms with van der Waals surface area (Å²) in [5.74, 6) is 1.78. The molecule has 0 N–H and O–H groups in total. The second-order valence-electron chi connectivity index (χ2n) is 4.35. The van der Waals surface area contributed by atoms with E-state index in [1.165, 1.54) is 0 Å². The van der Waals surface area contributed by atoms with E-state index in [-0.39, 0.29) is 5.60 Å². The molecule has 0 fully saturated rings. The normalized spacial score (nSPS) is 11.2. The molecule has 14 heavy (non-hydrogen) atoms. The second kappa shape index (κ2) is 3.91. The Morgan fingerprint density at radius 1 is 1.14 bits per heavy atom. The molecular formula is C12H18O2. The Labute approximate surface area is 85.8 Å². The maximum Gasteiger partial charge on any atom is 0.122 e. The van der Waals surface area contributed by atoms with Crippen molar-refractivity contribution in [2.45, 2.75) is 33.3 Å². The molecule has 2 heteroatoms. The Kier molecular flexibility index (Phi) is 3.04. The van der Waals surface area contributed by atoms with Crippen molar-refractivity contribution in [3.63, 3.8) is 0 Å². The van der Waals surface area contributed by atoms with Crippen LogP contribution in [0.3, 0.4) is 0 Å². The van der Waals surface area contributed by atoms with E-state index in [1.807, 2.05) is 45.9 Å². The van der Waals surface area contributed by atoms with Gasteiger partial charge in [0.1, 0.15) is 17.1 Å². The van der Waals surface area contributed by atoms with Crippen LogP contribution in [0.2, 0.25) is 0 Å². The molecular weight excluding hydrogens is 176 g/mol. The largest absolute Gasteiger partial charge is 0.496 e. The average molecular weight is 194 g/mol. The SMILES string of the molecule is COc1ccc(OC(C)(C)C)cc1C. The number of ether oxygens (including phenoxy) is 2. The molecule has 0 saturated heterocycles. The molecule has 0 radical (unpaired) electrons. The molecule has 0 heterocycles. The predicted molar refractivity (Wildman–Crippen MR) is 58.1 cm³/mol. The van der Waals surface area contributed by atoms with Gasteiger partial charge in [-0.05, 0) is 51.5 Å². The topological polar surface area (TPSA) is 18.5 Å². The number of aryl methyl sites for hydroxylation is 1. The van der Waals surface area contributed by atoms with E-state index in [0.29, 0.717) is 0 Å². The third-order valence-electron chi connectivity index (χ3n) is 1.79. The van der Waals surface area contributed by atoms with Crippen molar-refractivity contribution < 1.29 is 9.47 Å². The Morgan fingerprint density at radius 2 is 1.79 bits per heavy atom. The molecule has 0 unspecified atom stereocenters. The Balaban J connectivity index is 2.87. The molecule has 0 amide bonds. The Hall–Kier alpha value is -1.18. The van der Waals surface area contributed by atoms with E-state index in [0.717, 1.165) is 17.1 Å². The molecule has 0 aromatic heterocycles. The maximum atomic E-state index is 5.73. The summed E-state index contributed by atoms with van der Waals surface area (Å²) in [6, 6.07) is 5.84. The summed E-state index contributed by atoms with van der Waals surface area (Å²) in [5, 5.41) is 0. The van der Waals surface area contributed by atoms with E-state index in [9.17, 15) is 0 Å². The van der Waals surface area contributed by atoms with Crippen molar-refractivity contribution in [1.29, 1.82) is 0 Å². The highest BCUT2D eigenvalue weighted by Gasteiger charge is 2.12. The zero-order chi connectivity index (χ0) is 10.8. The Bertz CT molecular complexity index is 311. The van der Waals surface area contributed by atoms with E-state index < -0.39 is 0 Å². The maximum absolute atomic E-state index is 5.73. The molecule has 0 aliphatic carbocycles. The van der Waals surface area contributed by atoms with E-state index >= 15 is 0 Å². The average Bonchev–Trinajstić information content (AvgIpc) is 2.01. The van der Waals surface area contributed by atoms with Gasteiger partial charge < -0.3 is 9.47 Å². The van der Waals surface area contributed by atoms with Crippen LogP contribution in [-0.2, 0) is 0 Å². The summed E-state index contributed by atoms with van der Waals surface area (Å²) in [7, 11) is 1.67. The summed E-state index contributed by atoms with van der Waals surface area (Å²) < 4.78 is 10.9. The molecule has 78 valence electrons. The first-order chi connectivity index (χ1) is 6.42. The van der Waals surface area contributed by atoms with Gasteiger partial charge in [-0.1, -0.05) is 0 Å². The standard InChI is InChI=1S/C12H18O2/c1-9-8-10(14-12(2,3)4)6-7-11(9)13-5/h6-8H,1-5H3. The fraction of sp³-hybridized carbons (Fsp3) is 0.500. The van der Waals surface area contributed by atoms with E-state index in [4.69, 9.17) is 9.47 Å². The number of hydrogen-bond acceptors (Lipinski definition) is 2. The molecule has 0 aliphatic rings. The fourth-order valence-corrected chi connectivity index (χ4v) is 1.27. The summed E-state index contributed by atoms with van der Waals surface area (Å²) in [4.78, 5) is 0. The summed E-state index contributed by atoms with van der Waals surface area (Å²) in [6.45, 7) is 8.11. The van der Waals surface area contributed by atoms with Gasteiger partial charge in [0.15, 0.2) is 0 Å². The van der Waals surface area contributed by atoms with Crippen molar-refractivity contribution in [2.75, 3.05) is 7.11 Å². The van der Waals surface area contributed by atoms with Crippen LogP contribution in [0.5, 0.6) is 11.5 Å². The molecule has 0 atom stereocenters. The molecule has 1 aromatic rings. The van der Waals surface area contributed by atoms with Crippen LogP contribution in [0.25, 0.3) is 0 Å². The van der Waals surface area contributed by atoms with Gasteiger partial charge in [0.2, 0.25) is 0 Å². The zero-order valence-electron chi connectivity index (χ0n) is 9.55. The van der Waals surface area contributed by atoms with Crippen LogP contribution < -0.4 is 9.47 Å². The van der Waals surface area contributed by atoms with Crippen molar-refractivity contribution >= 4 is 0 Å². The lowest BCUT2D eigenvalue weighted by molar-refractivity contribution is 0.130. The number of hydrogen-bond donors (Lipinski definition) is 0.